The smallest absolute Gasteiger partial charge is 0.268 e. The minimum Gasteiger partial charge on any atom is -0.548 e. The van der Waals surface area contributed by atoms with Gasteiger partial charge in [-0.05, 0) is 48.2 Å². The molecule has 0 bridgehead atoms. The van der Waals surface area contributed by atoms with Crippen molar-refractivity contribution in [1.29, 1.82) is 0 Å². The largest absolute Gasteiger partial charge is 0.548 e. The van der Waals surface area contributed by atoms with E-state index in [1.54, 1.807) is 61.7 Å². The first-order valence-electron chi connectivity index (χ1n) is 9.54. The molecule has 158 valence electrons. The highest BCUT2D eigenvalue weighted by Crippen LogP contribution is 2.14. The molecule has 0 aliphatic heterocycles. The summed E-state index contributed by atoms with van der Waals surface area (Å²) in [6.45, 7) is 3.68. The lowest BCUT2D eigenvalue weighted by Gasteiger charge is -2.22. The van der Waals surface area contributed by atoms with Crippen LogP contribution in [0.5, 0.6) is 5.75 Å². The minimum absolute atomic E-state index is 0.0288. The van der Waals surface area contributed by atoms with Gasteiger partial charge in [0, 0.05) is 5.56 Å². The van der Waals surface area contributed by atoms with Crippen LogP contribution in [0, 0.1) is 5.92 Å². The third kappa shape index (κ3) is 6.77. The Morgan fingerprint density at radius 1 is 1.03 bits per heavy atom. The number of nitrogens with one attached hydrogen (secondary N) is 2. The molecule has 0 fully saturated rings. The van der Waals surface area contributed by atoms with E-state index in [1.807, 2.05) is 13.8 Å². The number of benzene rings is 2. The van der Waals surface area contributed by atoms with Crippen LogP contribution in [-0.4, -0.2) is 30.9 Å². The van der Waals surface area contributed by atoms with Crippen molar-refractivity contribution >= 4 is 23.9 Å². The number of ether oxygens (including phenoxy) is 1. The second kappa shape index (κ2) is 10.8. The van der Waals surface area contributed by atoms with Crippen molar-refractivity contribution in [2.45, 2.75) is 26.3 Å². The van der Waals surface area contributed by atoms with Crippen molar-refractivity contribution < 1.29 is 24.2 Å². The van der Waals surface area contributed by atoms with Crippen LogP contribution in [0.2, 0.25) is 0 Å². The summed E-state index contributed by atoms with van der Waals surface area (Å²) in [6, 6.07) is 14.1. The Bertz CT molecular complexity index is 905. The molecule has 2 N–H and O–H groups in total. The lowest BCUT2D eigenvalue weighted by Crippen LogP contribution is -2.50. The zero-order valence-corrected chi connectivity index (χ0v) is 17.2. The Hall–Kier alpha value is -3.61. The number of amides is 2. The zero-order chi connectivity index (χ0) is 22.1. The van der Waals surface area contributed by atoms with Crippen molar-refractivity contribution in [2.24, 2.45) is 5.92 Å². The maximum Gasteiger partial charge on any atom is 0.268 e. The van der Waals surface area contributed by atoms with E-state index < -0.39 is 23.8 Å². The van der Waals surface area contributed by atoms with Gasteiger partial charge in [-0.2, -0.15) is 0 Å². The molecule has 0 aliphatic carbocycles. The Morgan fingerprint density at radius 3 is 2.20 bits per heavy atom. The van der Waals surface area contributed by atoms with Crippen LogP contribution in [0.3, 0.4) is 0 Å². The average Bonchev–Trinajstić information content (AvgIpc) is 2.73. The standard InChI is InChI=1S/C23H26N2O5/c1-15(2)13-20(23(28)29)25-22(27)19(14-16-9-11-18(30-3)12-10-16)24-21(26)17-7-5-4-6-8-17/h4-12,14-15,20H,13H2,1-3H3,(H,24,26)(H,25,27)(H,28,29)/p-1/t20-/m0/s1. The van der Waals surface area contributed by atoms with Crippen LogP contribution in [0.4, 0.5) is 0 Å². The first-order valence-corrected chi connectivity index (χ1v) is 9.54. The highest BCUT2D eigenvalue weighted by Gasteiger charge is 2.20. The van der Waals surface area contributed by atoms with Crippen molar-refractivity contribution in [2.75, 3.05) is 7.11 Å². The van der Waals surface area contributed by atoms with E-state index >= 15 is 0 Å². The number of carbonyl (C=O) groups is 3. The van der Waals surface area contributed by atoms with Gasteiger partial charge >= 0.3 is 0 Å². The summed E-state index contributed by atoms with van der Waals surface area (Å²) in [7, 11) is 1.54. The number of carbonyl (C=O) groups excluding carboxylic acids is 3. The van der Waals surface area contributed by atoms with E-state index in [9.17, 15) is 19.5 Å². The van der Waals surface area contributed by atoms with Gasteiger partial charge in [0.1, 0.15) is 11.4 Å². The summed E-state index contributed by atoms with van der Waals surface area (Å²) in [6.07, 6.45) is 1.67. The van der Waals surface area contributed by atoms with E-state index in [2.05, 4.69) is 10.6 Å². The Morgan fingerprint density at radius 2 is 1.67 bits per heavy atom. The first-order chi connectivity index (χ1) is 14.3. The lowest BCUT2D eigenvalue weighted by atomic mass is 10.0. The quantitative estimate of drug-likeness (QED) is 0.614. The molecule has 2 aromatic carbocycles. The third-order valence-electron chi connectivity index (χ3n) is 4.25. The molecule has 0 unspecified atom stereocenters. The molecule has 2 amide bonds. The van der Waals surface area contributed by atoms with E-state index in [-0.39, 0.29) is 18.0 Å². The van der Waals surface area contributed by atoms with Crippen molar-refractivity contribution in [3.8, 4) is 5.75 Å². The second-order valence-corrected chi connectivity index (χ2v) is 7.13. The van der Waals surface area contributed by atoms with Crippen LogP contribution >= 0.6 is 0 Å². The summed E-state index contributed by atoms with van der Waals surface area (Å²) in [5.41, 5.74) is 0.914. The molecule has 0 saturated carbocycles. The fraction of sp³-hybridized carbons (Fsp3) is 0.261. The molecule has 0 heterocycles. The molecule has 0 spiro atoms. The fourth-order valence-corrected chi connectivity index (χ4v) is 2.73. The summed E-state index contributed by atoms with van der Waals surface area (Å²) in [4.78, 5) is 36.8. The zero-order valence-electron chi connectivity index (χ0n) is 17.2. The van der Waals surface area contributed by atoms with Gasteiger partial charge in [0.15, 0.2) is 0 Å². The molecule has 0 saturated heterocycles. The maximum absolute atomic E-state index is 12.8. The van der Waals surface area contributed by atoms with Crippen molar-refractivity contribution in [3.63, 3.8) is 0 Å². The topological polar surface area (TPSA) is 108 Å². The number of carboxylic acids is 1. The molecule has 1 atom stereocenters. The van der Waals surface area contributed by atoms with Gasteiger partial charge in [-0.25, -0.2) is 0 Å². The summed E-state index contributed by atoms with van der Waals surface area (Å²) >= 11 is 0. The average molecular weight is 409 g/mol. The number of hydrogen-bond donors (Lipinski definition) is 2. The van der Waals surface area contributed by atoms with Crippen molar-refractivity contribution in [3.05, 3.63) is 71.4 Å². The number of methoxy groups -OCH3 is 1. The number of aliphatic carboxylic acids is 1. The van der Waals surface area contributed by atoms with Gasteiger partial charge in [0.25, 0.3) is 11.8 Å². The van der Waals surface area contributed by atoms with E-state index in [0.717, 1.165) is 0 Å². The predicted octanol–water partition coefficient (Wildman–Crippen LogP) is 1.75. The van der Waals surface area contributed by atoms with Crippen molar-refractivity contribution in [1.82, 2.24) is 10.6 Å². The van der Waals surface area contributed by atoms with Gasteiger partial charge in [0.05, 0.1) is 19.1 Å². The third-order valence-corrected chi connectivity index (χ3v) is 4.25. The second-order valence-electron chi connectivity index (χ2n) is 7.13. The normalized spacial score (nSPS) is 12.2. The summed E-state index contributed by atoms with van der Waals surface area (Å²) in [5.74, 6) is -1.92. The molecular formula is C23H25N2O5-. The van der Waals surface area contributed by atoms with Crippen LogP contribution in [0.1, 0.15) is 36.2 Å². The van der Waals surface area contributed by atoms with E-state index in [1.165, 1.54) is 6.08 Å². The molecule has 2 aromatic rings. The molecule has 7 heteroatoms. The molecule has 0 aromatic heterocycles. The Labute approximate surface area is 175 Å². The minimum atomic E-state index is -1.38. The number of carboxylic acid groups (broad SMARTS) is 1. The molecular weight excluding hydrogens is 384 g/mol. The molecule has 30 heavy (non-hydrogen) atoms. The van der Waals surface area contributed by atoms with E-state index in [4.69, 9.17) is 4.74 Å². The molecule has 2 rings (SSSR count). The van der Waals surface area contributed by atoms with Gasteiger partial charge in [-0.3, -0.25) is 9.59 Å². The molecule has 7 nitrogen and oxygen atoms in total. The van der Waals surface area contributed by atoms with Gasteiger partial charge in [-0.1, -0.05) is 44.2 Å². The number of rotatable bonds is 9. The monoisotopic (exact) mass is 409 g/mol. The van der Waals surface area contributed by atoms with Crippen LogP contribution in [-0.2, 0) is 9.59 Å². The highest BCUT2D eigenvalue weighted by molar-refractivity contribution is 6.06. The van der Waals surface area contributed by atoms with Crippen LogP contribution < -0.4 is 20.5 Å². The SMILES string of the molecule is COc1ccc(C=C(NC(=O)c2ccccc2)C(=O)N[C@@H](CC(C)C)C(=O)[O-])cc1. The Balaban J connectivity index is 2.31. The van der Waals surface area contributed by atoms with Crippen LogP contribution in [0.25, 0.3) is 6.08 Å². The van der Waals surface area contributed by atoms with Gasteiger partial charge in [-0.15, -0.1) is 0 Å². The summed E-state index contributed by atoms with van der Waals surface area (Å²) in [5, 5.41) is 16.4. The first kappa shape index (κ1) is 22.7. The van der Waals surface area contributed by atoms with Crippen LogP contribution in [0.15, 0.2) is 60.3 Å². The van der Waals surface area contributed by atoms with Gasteiger partial charge in [0.2, 0.25) is 0 Å². The highest BCUT2D eigenvalue weighted by atomic mass is 16.5. The molecule has 0 radical (unpaired) electrons. The predicted molar refractivity (Wildman–Crippen MR) is 111 cm³/mol. The summed E-state index contributed by atoms with van der Waals surface area (Å²) < 4.78 is 5.12. The molecule has 0 aliphatic rings. The lowest BCUT2D eigenvalue weighted by molar-refractivity contribution is -0.308. The maximum atomic E-state index is 12.8. The van der Waals surface area contributed by atoms with Gasteiger partial charge < -0.3 is 25.3 Å². The fourth-order valence-electron chi connectivity index (χ4n) is 2.73. The Kier molecular flexibility index (Phi) is 8.17. The van der Waals surface area contributed by atoms with E-state index in [0.29, 0.717) is 16.9 Å². The number of hydrogen-bond acceptors (Lipinski definition) is 5.